The van der Waals surface area contributed by atoms with Crippen LogP contribution in [0.15, 0.2) is 41.8 Å². The molecule has 0 spiro atoms. The van der Waals surface area contributed by atoms with E-state index in [0.717, 1.165) is 5.16 Å². The van der Waals surface area contributed by atoms with Gasteiger partial charge in [-0.3, -0.25) is 4.79 Å². The van der Waals surface area contributed by atoms with Crippen molar-refractivity contribution in [3.05, 3.63) is 42.5 Å². The predicted molar refractivity (Wildman–Crippen MR) is 80.8 cm³/mol. The number of benzene rings is 1. The zero-order valence-electron chi connectivity index (χ0n) is 11.6. The molecule has 1 N–H and O–H groups in total. The van der Waals surface area contributed by atoms with Crippen molar-refractivity contribution in [3.63, 3.8) is 0 Å². The molecule has 6 heteroatoms. The zero-order chi connectivity index (χ0) is 14.8. The molecule has 0 saturated heterocycles. The van der Waals surface area contributed by atoms with Crippen molar-refractivity contribution in [2.24, 2.45) is 0 Å². The third-order valence-corrected chi connectivity index (χ3v) is 4.43. The second-order valence-electron chi connectivity index (χ2n) is 5.10. The Bertz CT molecular complexity index is 637. The van der Waals surface area contributed by atoms with Gasteiger partial charge in [0.05, 0.1) is 5.25 Å². The molecule has 1 heterocycles. The number of imidazole rings is 1. The number of hydrogen-bond donors (Lipinski definition) is 1. The molecule has 2 aromatic rings. The molecule has 1 aliphatic carbocycles. The number of carbonyl (C=O) groups excluding carboxylic acids is 1. The highest BCUT2D eigenvalue weighted by Gasteiger charge is 2.27. The van der Waals surface area contributed by atoms with Gasteiger partial charge in [-0.05, 0) is 44.0 Å². The molecule has 4 nitrogen and oxygen atoms in total. The molecule has 0 aliphatic heterocycles. The van der Waals surface area contributed by atoms with Crippen molar-refractivity contribution < 1.29 is 9.18 Å². The topological polar surface area (TPSA) is 46.9 Å². The van der Waals surface area contributed by atoms with Gasteiger partial charge >= 0.3 is 0 Å². The number of nitrogens with one attached hydrogen (secondary N) is 1. The maximum Gasteiger partial charge on any atom is 0.237 e. The van der Waals surface area contributed by atoms with Gasteiger partial charge in [0, 0.05) is 24.1 Å². The van der Waals surface area contributed by atoms with Crippen LogP contribution in [-0.4, -0.2) is 20.7 Å². The molecule has 1 aliphatic rings. The summed E-state index contributed by atoms with van der Waals surface area (Å²) < 4.78 is 15.0. The fraction of sp³-hybridized carbons (Fsp3) is 0.333. The number of nitrogens with zero attached hydrogens (tertiary/aromatic N) is 2. The largest absolute Gasteiger partial charge is 0.325 e. The van der Waals surface area contributed by atoms with Crippen LogP contribution in [0, 0.1) is 5.82 Å². The number of aromatic nitrogens is 2. The fourth-order valence-electron chi connectivity index (χ4n) is 2.01. The minimum atomic E-state index is -0.318. The van der Waals surface area contributed by atoms with Crippen molar-refractivity contribution in [1.29, 1.82) is 0 Å². The number of hydrogen-bond acceptors (Lipinski definition) is 3. The van der Waals surface area contributed by atoms with Crippen LogP contribution >= 0.6 is 11.8 Å². The monoisotopic (exact) mass is 305 g/mol. The van der Waals surface area contributed by atoms with E-state index in [0.29, 0.717) is 11.7 Å². The van der Waals surface area contributed by atoms with Gasteiger partial charge in [0.2, 0.25) is 5.91 Å². The van der Waals surface area contributed by atoms with Gasteiger partial charge in [0.25, 0.3) is 0 Å². The van der Waals surface area contributed by atoms with Crippen molar-refractivity contribution in [1.82, 2.24) is 9.55 Å². The Kier molecular flexibility index (Phi) is 3.96. The maximum absolute atomic E-state index is 12.8. The second kappa shape index (κ2) is 5.89. The minimum absolute atomic E-state index is 0.114. The number of amides is 1. The normalized spacial score (nSPS) is 15.7. The lowest BCUT2D eigenvalue weighted by Crippen LogP contribution is -2.22. The Hall–Kier alpha value is -1.82. The standard InChI is InChI=1S/C15H16FN3OS/c1-10(14(20)18-12-4-2-11(16)3-5-12)21-15-17-8-9-19(15)13-6-7-13/h2-5,8-10,13H,6-7H2,1H3,(H,18,20). The van der Waals surface area contributed by atoms with E-state index in [4.69, 9.17) is 0 Å². The highest BCUT2D eigenvalue weighted by Crippen LogP contribution is 2.38. The first-order valence-electron chi connectivity index (χ1n) is 6.89. The second-order valence-corrected chi connectivity index (χ2v) is 6.41. The Morgan fingerprint density at radius 1 is 1.43 bits per heavy atom. The molecule has 1 amide bonds. The third kappa shape index (κ3) is 3.44. The van der Waals surface area contributed by atoms with Gasteiger partial charge in [-0.25, -0.2) is 9.37 Å². The fourth-order valence-corrected chi connectivity index (χ4v) is 2.95. The van der Waals surface area contributed by atoms with E-state index < -0.39 is 0 Å². The summed E-state index contributed by atoms with van der Waals surface area (Å²) in [6.45, 7) is 1.84. The maximum atomic E-state index is 12.8. The first-order chi connectivity index (χ1) is 10.1. The van der Waals surface area contributed by atoms with Gasteiger partial charge in [0.15, 0.2) is 5.16 Å². The van der Waals surface area contributed by atoms with Crippen molar-refractivity contribution in [3.8, 4) is 0 Å². The molecule has 3 rings (SSSR count). The molecule has 1 aromatic heterocycles. The van der Waals surface area contributed by atoms with E-state index in [-0.39, 0.29) is 17.0 Å². The first kappa shape index (κ1) is 14.1. The van der Waals surface area contributed by atoms with Crippen LogP contribution in [-0.2, 0) is 4.79 Å². The molecular weight excluding hydrogens is 289 g/mol. The van der Waals surface area contributed by atoms with Crippen LogP contribution < -0.4 is 5.32 Å². The van der Waals surface area contributed by atoms with E-state index in [1.54, 1.807) is 18.3 Å². The van der Waals surface area contributed by atoms with Crippen molar-refractivity contribution in [2.75, 3.05) is 5.32 Å². The summed E-state index contributed by atoms with van der Waals surface area (Å²) in [5, 5.41) is 3.39. The van der Waals surface area contributed by atoms with Gasteiger partial charge in [0.1, 0.15) is 5.82 Å². The van der Waals surface area contributed by atoms with Crippen LogP contribution in [0.3, 0.4) is 0 Å². The molecule has 0 bridgehead atoms. The molecule has 1 aromatic carbocycles. The average Bonchev–Trinajstić information content (AvgIpc) is 3.21. The highest BCUT2D eigenvalue weighted by molar-refractivity contribution is 8.00. The van der Waals surface area contributed by atoms with Gasteiger partial charge in [-0.1, -0.05) is 11.8 Å². The Balaban J connectivity index is 1.61. The average molecular weight is 305 g/mol. The molecule has 1 fully saturated rings. The molecule has 0 radical (unpaired) electrons. The number of anilines is 1. The lowest BCUT2D eigenvalue weighted by atomic mass is 10.3. The predicted octanol–water partition coefficient (Wildman–Crippen LogP) is 3.48. The van der Waals surface area contributed by atoms with Crippen LogP contribution in [0.25, 0.3) is 0 Å². The van der Waals surface area contributed by atoms with Gasteiger partial charge in [-0.15, -0.1) is 0 Å². The van der Waals surface area contributed by atoms with E-state index in [2.05, 4.69) is 14.9 Å². The van der Waals surface area contributed by atoms with Crippen LogP contribution in [0.4, 0.5) is 10.1 Å². The zero-order valence-corrected chi connectivity index (χ0v) is 12.4. The van der Waals surface area contributed by atoms with Gasteiger partial charge < -0.3 is 9.88 Å². The van der Waals surface area contributed by atoms with Crippen molar-refractivity contribution >= 4 is 23.4 Å². The van der Waals surface area contributed by atoms with Crippen LogP contribution in [0.5, 0.6) is 0 Å². The van der Waals surface area contributed by atoms with E-state index in [1.807, 2.05) is 13.1 Å². The number of carbonyl (C=O) groups is 1. The van der Waals surface area contributed by atoms with E-state index in [9.17, 15) is 9.18 Å². The summed E-state index contributed by atoms with van der Waals surface area (Å²) in [5.41, 5.74) is 0.597. The number of halogens is 1. The van der Waals surface area contributed by atoms with Crippen LogP contribution in [0.1, 0.15) is 25.8 Å². The Morgan fingerprint density at radius 3 is 2.81 bits per heavy atom. The van der Waals surface area contributed by atoms with Crippen molar-refractivity contribution in [2.45, 2.75) is 36.2 Å². The molecule has 1 atom stereocenters. The first-order valence-corrected chi connectivity index (χ1v) is 7.77. The lowest BCUT2D eigenvalue weighted by molar-refractivity contribution is -0.115. The summed E-state index contributed by atoms with van der Waals surface area (Å²) in [7, 11) is 0. The molecule has 110 valence electrons. The van der Waals surface area contributed by atoms with Crippen LogP contribution in [0.2, 0.25) is 0 Å². The number of rotatable bonds is 5. The van der Waals surface area contributed by atoms with E-state index >= 15 is 0 Å². The molecule has 1 saturated carbocycles. The Morgan fingerprint density at radius 2 is 2.14 bits per heavy atom. The summed E-state index contributed by atoms with van der Waals surface area (Å²) in [6.07, 6.45) is 6.09. The minimum Gasteiger partial charge on any atom is -0.325 e. The number of thioether (sulfide) groups is 1. The highest BCUT2D eigenvalue weighted by atomic mass is 32.2. The third-order valence-electron chi connectivity index (χ3n) is 3.34. The quantitative estimate of drug-likeness (QED) is 0.860. The Labute approximate surface area is 126 Å². The molecule has 1 unspecified atom stereocenters. The van der Waals surface area contributed by atoms with E-state index in [1.165, 1.54) is 36.7 Å². The summed E-state index contributed by atoms with van der Waals surface area (Å²) in [5.74, 6) is -0.432. The lowest BCUT2D eigenvalue weighted by Gasteiger charge is -2.12. The summed E-state index contributed by atoms with van der Waals surface area (Å²) >= 11 is 1.44. The SMILES string of the molecule is CC(Sc1nccn1C1CC1)C(=O)Nc1ccc(F)cc1. The summed E-state index contributed by atoms with van der Waals surface area (Å²) in [6, 6.07) is 6.30. The smallest absolute Gasteiger partial charge is 0.237 e. The molecular formula is C15H16FN3OS. The summed E-state index contributed by atoms with van der Waals surface area (Å²) in [4.78, 5) is 16.5. The van der Waals surface area contributed by atoms with Gasteiger partial charge in [-0.2, -0.15) is 0 Å². The molecule has 21 heavy (non-hydrogen) atoms.